The lowest BCUT2D eigenvalue weighted by atomic mass is 10.1. The highest BCUT2D eigenvalue weighted by Gasteiger charge is 2.13. The Balaban J connectivity index is 2.27. The molecule has 3 rings (SSSR count). The molecule has 0 aliphatic carbocycles. The third-order valence-corrected chi connectivity index (χ3v) is 3.78. The van der Waals surface area contributed by atoms with E-state index in [-0.39, 0.29) is 5.56 Å². The standard InChI is InChI=1S/C18H19N3O2/c1-23-14-8-9-16-15(12-14)18(22)21(11-5-10-19)17(20-16)13-6-3-2-4-7-13/h2-4,6-9,12H,5,10-11,19H2,1H3. The molecule has 1 heterocycles. The molecule has 0 radical (unpaired) electrons. The molecule has 5 heteroatoms. The molecule has 0 bridgehead atoms. The molecule has 3 aromatic rings. The second-order valence-corrected chi connectivity index (χ2v) is 5.28. The highest BCUT2D eigenvalue weighted by Crippen LogP contribution is 2.21. The zero-order valence-corrected chi connectivity index (χ0v) is 13.0. The number of nitrogens with zero attached hydrogens (tertiary/aromatic N) is 2. The molecule has 0 unspecified atom stereocenters. The number of rotatable bonds is 5. The molecular formula is C18H19N3O2. The van der Waals surface area contributed by atoms with Crippen LogP contribution in [0.5, 0.6) is 5.75 Å². The van der Waals surface area contributed by atoms with E-state index in [0.29, 0.717) is 35.6 Å². The highest BCUT2D eigenvalue weighted by molar-refractivity contribution is 5.81. The number of ether oxygens (including phenoxy) is 1. The summed E-state index contributed by atoms with van der Waals surface area (Å²) in [5.74, 6) is 1.32. The Bertz CT molecular complexity index is 873. The van der Waals surface area contributed by atoms with Crippen molar-refractivity contribution in [2.75, 3.05) is 13.7 Å². The van der Waals surface area contributed by atoms with Crippen molar-refractivity contribution in [2.45, 2.75) is 13.0 Å². The molecule has 0 atom stereocenters. The molecule has 5 nitrogen and oxygen atoms in total. The summed E-state index contributed by atoms with van der Waals surface area (Å²) in [4.78, 5) is 17.6. The molecule has 1 aromatic heterocycles. The fourth-order valence-electron chi connectivity index (χ4n) is 2.59. The second-order valence-electron chi connectivity index (χ2n) is 5.28. The Morgan fingerprint density at radius 3 is 2.65 bits per heavy atom. The summed E-state index contributed by atoms with van der Waals surface area (Å²) in [7, 11) is 1.58. The summed E-state index contributed by atoms with van der Waals surface area (Å²) in [6.07, 6.45) is 0.719. The third-order valence-electron chi connectivity index (χ3n) is 3.78. The molecule has 118 valence electrons. The first-order valence-electron chi connectivity index (χ1n) is 7.58. The Kier molecular flexibility index (Phi) is 4.39. The Hall–Kier alpha value is -2.66. The first-order valence-corrected chi connectivity index (χ1v) is 7.58. The monoisotopic (exact) mass is 309 g/mol. The van der Waals surface area contributed by atoms with Gasteiger partial charge in [0, 0.05) is 12.1 Å². The minimum atomic E-state index is -0.0683. The average molecular weight is 309 g/mol. The van der Waals surface area contributed by atoms with E-state index in [9.17, 15) is 4.79 Å². The molecule has 2 aromatic carbocycles. The normalized spacial score (nSPS) is 10.9. The van der Waals surface area contributed by atoms with Gasteiger partial charge in [0.2, 0.25) is 0 Å². The fourth-order valence-corrected chi connectivity index (χ4v) is 2.59. The van der Waals surface area contributed by atoms with E-state index < -0.39 is 0 Å². The van der Waals surface area contributed by atoms with Crippen LogP contribution < -0.4 is 16.0 Å². The molecule has 0 amide bonds. The van der Waals surface area contributed by atoms with Crippen LogP contribution >= 0.6 is 0 Å². The molecule has 0 spiro atoms. The maximum Gasteiger partial charge on any atom is 0.261 e. The predicted octanol–water partition coefficient (Wildman–Crippen LogP) is 2.42. The SMILES string of the molecule is COc1ccc2nc(-c3ccccc3)n(CCCN)c(=O)c2c1. The predicted molar refractivity (Wildman–Crippen MR) is 91.7 cm³/mol. The van der Waals surface area contributed by atoms with Gasteiger partial charge >= 0.3 is 0 Å². The van der Waals surface area contributed by atoms with Crippen molar-refractivity contribution in [3.05, 3.63) is 58.9 Å². The minimum absolute atomic E-state index is 0.0683. The maximum atomic E-state index is 12.9. The van der Waals surface area contributed by atoms with E-state index in [1.807, 2.05) is 42.5 Å². The van der Waals surface area contributed by atoms with Gasteiger partial charge in [-0.05, 0) is 31.2 Å². The van der Waals surface area contributed by atoms with E-state index >= 15 is 0 Å². The summed E-state index contributed by atoms with van der Waals surface area (Å²) in [5, 5.41) is 0.557. The van der Waals surface area contributed by atoms with Crippen LogP contribution in [-0.2, 0) is 6.54 Å². The van der Waals surface area contributed by atoms with E-state index in [1.165, 1.54) is 0 Å². The maximum absolute atomic E-state index is 12.9. The average Bonchev–Trinajstić information content (AvgIpc) is 2.61. The van der Waals surface area contributed by atoms with Gasteiger partial charge in [0.25, 0.3) is 5.56 Å². The van der Waals surface area contributed by atoms with Crippen LogP contribution in [0, 0.1) is 0 Å². The number of methoxy groups -OCH3 is 1. The number of benzene rings is 2. The van der Waals surface area contributed by atoms with Gasteiger partial charge in [0.15, 0.2) is 0 Å². The lowest BCUT2D eigenvalue weighted by Gasteiger charge is -2.13. The molecule has 0 fully saturated rings. The lowest BCUT2D eigenvalue weighted by Crippen LogP contribution is -2.24. The fraction of sp³-hybridized carbons (Fsp3) is 0.222. The van der Waals surface area contributed by atoms with Gasteiger partial charge in [-0.15, -0.1) is 0 Å². The summed E-state index contributed by atoms with van der Waals surface area (Å²) < 4.78 is 6.92. The van der Waals surface area contributed by atoms with Gasteiger partial charge < -0.3 is 10.5 Å². The van der Waals surface area contributed by atoms with Gasteiger partial charge in [-0.1, -0.05) is 30.3 Å². The van der Waals surface area contributed by atoms with Gasteiger partial charge in [-0.2, -0.15) is 0 Å². The first-order chi connectivity index (χ1) is 11.2. The Morgan fingerprint density at radius 1 is 1.17 bits per heavy atom. The molecule has 0 saturated heterocycles. The number of hydrogen-bond acceptors (Lipinski definition) is 4. The van der Waals surface area contributed by atoms with E-state index in [0.717, 1.165) is 12.0 Å². The largest absolute Gasteiger partial charge is 0.497 e. The van der Waals surface area contributed by atoms with Crippen LogP contribution in [-0.4, -0.2) is 23.2 Å². The second kappa shape index (κ2) is 6.62. The van der Waals surface area contributed by atoms with Gasteiger partial charge in [-0.3, -0.25) is 9.36 Å². The minimum Gasteiger partial charge on any atom is -0.497 e. The van der Waals surface area contributed by atoms with Crippen LogP contribution in [0.2, 0.25) is 0 Å². The molecule has 0 aliphatic rings. The van der Waals surface area contributed by atoms with Crippen LogP contribution in [0.15, 0.2) is 53.3 Å². The summed E-state index contributed by atoms with van der Waals surface area (Å²) in [6.45, 7) is 1.07. The summed E-state index contributed by atoms with van der Waals surface area (Å²) in [5.41, 5.74) is 7.13. The quantitative estimate of drug-likeness (QED) is 0.786. The third kappa shape index (κ3) is 2.96. The lowest BCUT2D eigenvalue weighted by molar-refractivity contribution is 0.415. The van der Waals surface area contributed by atoms with Crippen molar-refractivity contribution in [2.24, 2.45) is 5.73 Å². The highest BCUT2D eigenvalue weighted by atomic mass is 16.5. The van der Waals surface area contributed by atoms with Crippen molar-refractivity contribution < 1.29 is 4.74 Å². The van der Waals surface area contributed by atoms with Crippen molar-refractivity contribution in [1.82, 2.24) is 9.55 Å². The Morgan fingerprint density at radius 2 is 1.96 bits per heavy atom. The Labute approximate surface area is 134 Å². The van der Waals surface area contributed by atoms with E-state index in [1.54, 1.807) is 17.7 Å². The summed E-state index contributed by atoms with van der Waals surface area (Å²) in [6, 6.07) is 15.1. The van der Waals surface area contributed by atoms with Gasteiger partial charge in [0.1, 0.15) is 11.6 Å². The molecular weight excluding hydrogens is 290 g/mol. The van der Waals surface area contributed by atoms with Crippen molar-refractivity contribution in [3.8, 4) is 17.1 Å². The number of hydrogen-bond donors (Lipinski definition) is 1. The van der Waals surface area contributed by atoms with Crippen molar-refractivity contribution in [1.29, 1.82) is 0 Å². The molecule has 2 N–H and O–H groups in total. The molecule has 23 heavy (non-hydrogen) atoms. The van der Waals surface area contributed by atoms with Crippen LogP contribution in [0.1, 0.15) is 6.42 Å². The number of aromatic nitrogens is 2. The van der Waals surface area contributed by atoms with Crippen LogP contribution in [0.4, 0.5) is 0 Å². The van der Waals surface area contributed by atoms with E-state index in [2.05, 4.69) is 0 Å². The zero-order valence-electron chi connectivity index (χ0n) is 13.0. The molecule has 0 saturated carbocycles. The first kappa shape index (κ1) is 15.2. The van der Waals surface area contributed by atoms with Gasteiger partial charge in [-0.25, -0.2) is 4.98 Å². The summed E-state index contributed by atoms with van der Waals surface area (Å²) >= 11 is 0. The molecule has 0 aliphatic heterocycles. The van der Waals surface area contributed by atoms with Crippen LogP contribution in [0.3, 0.4) is 0 Å². The van der Waals surface area contributed by atoms with Crippen LogP contribution in [0.25, 0.3) is 22.3 Å². The smallest absolute Gasteiger partial charge is 0.261 e. The van der Waals surface area contributed by atoms with Gasteiger partial charge in [0.05, 0.1) is 18.0 Å². The van der Waals surface area contributed by atoms with Crippen molar-refractivity contribution in [3.63, 3.8) is 0 Å². The van der Waals surface area contributed by atoms with E-state index in [4.69, 9.17) is 15.5 Å². The topological polar surface area (TPSA) is 70.1 Å². The number of fused-ring (bicyclic) bond motifs is 1. The van der Waals surface area contributed by atoms with Crippen molar-refractivity contribution >= 4 is 10.9 Å². The zero-order chi connectivity index (χ0) is 16.2. The number of nitrogens with two attached hydrogens (primary N) is 1.